The van der Waals surface area contributed by atoms with Crippen LogP contribution in [0.4, 0.5) is 5.69 Å². The summed E-state index contributed by atoms with van der Waals surface area (Å²) in [7, 11) is 0. The van der Waals surface area contributed by atoms with Gasteiger partial charge >= 0.3 is 13.8 Å². The average Bonchev–Trinajstić information content (AvgIpc) is 3.23. The maximum atomic E-state index is 5.21. The first-order chi connectivity index (χ1) is 25.8. The van der Waals surface area contributed by atoms with Crippen LogP contribution in [0.1, 0.15) is 0 Å². The third kappa shape index (κ3) is 5.11. The smallest absolute Gasteiger partial charge is 0.395 e. The Bertz CT molecular complexity index is 2550. The highest BCUT2D eigenvalue weighted by Gasteiger charge is 2.42. The first-order valence-corrected chi connectivity index (χ1v) is 17.8. The molecular weight excluding hydrogens is 630 g/mol. The predicted octanol–water partition coefficient (Wildman–Crippen LogP) is 10.0. The standard InChI is InChI=1S/C46H32B2N4/c1-3-16-34(17-4-1)43-32-44(35-18-5-2-6-19-35)50-46(49-43)36-25-26-39(41(31-36)38-22-13-20-33-15-7-8-21-37(33)38)40-23-14-24-42-45(40)51-29-11-10-28-48(51)52-30-12-9-27-47(42)52/h1-32H. The highest BCUT2D eigenvalue weighted by molar-refractivity contribution is 6.90. The quantitative estimate of drug-likeness (QED) is 0.172. The van der Waals surface area contributed by atoms with Crippen LogP contribution in [0.15, 0.2) is 194 Å². The zero-order chi connectivity index (χ0) is 34.4. The Morgan fingerprint density at radius 3 is 1.94 bits per heavy atom. The molecule has 0 fully saturated rings. The Labute approximate surface area is 304 Å². The van der Waals surface area contributed by atoms with Crippen molar-refractivity contribution in [1.29, 1.82) is 0 Å². The summed E-state index contributed by atoms with van der Waals surface area (Å²) in [5, 5.41) is 2.42. The molecule has 4 heterocycles. The number of aromatic nitrogens is 2. The van der Waals surface area contributed by atoms with E-state index in [1.165, 1.54) is 38.6 Å². The summed E-state index contributed by atoms with van der Waals surface area (Å²) in [5.41, 5.74) is 12.1. The van der Waals surface area contributed by atoms with Crippen LogP contribution in [0.5, 0.6) is 0 Å². The number of anilines is 1. The highest BCUT2D eigenvalue weighted by atomic mass is 15.2. The zero-order valence-electron chi connectivity index (χ0n) is 28.4. The number of hydrogen-bond acceptors (Lipinski definition) is 4. The normalized spacial score (nSPS) is 14.1. The second kappa shape index (κ2) is 12.6. The third-order valence-corrected chi connectivity index (χ3v) is 10.4. The van der Waals surface area contributed by atoms with E-state index in [0.717, 1.165) is 33.6 Å². The van der Waals surface area contributed by atoms with E-state index in [9.17, 15) is 0 Å². The van der Waals surface area contributed by atoms with Gasteiger partial charge in [0.25, 0.3) is 0 Å². The van der Waals surface area contributed by atoms with Gasteiger partial charge in [-0.05, 0) is 69.6 Å². The van der Waals surface area contributed by atoms with Crippen molar-refractivity contribution in [3.63, 3.8) is 0 Å². The van der Waals surface area contributed by atoms with Gasteiger partial charge in [-0.1, -0.05) is 158 Å². The fraction of sp³-hybridized carbons (Fsp3) is 0. The minimum Gasteiger partial charge on any atom is -0.437 e. The van der Waals surface area contributed by atoms with Crippen LogP contribution < -0.4 is 10.3 Å². The van der Waals surface area contributed by atoms with E-state index in [0.29, 0.717) is 5.82 Å². The van der Waals surface area contributed by atoms with Crippen molar-refractivity contribution in [2.75, 3.05) is 4.81 Å². The molecule has 242 valence electrons. The molecule has 0 saturated carbocycles. The van der Waals surface area contributed by atoms with Gasteiger partial charge in [0, 0.05) is 27.9 Å². The Kier molecular flexibility index (Phi) is 7.31. The molecule has 0 unspecified atom stereocenters. The summed E-state index contributed by atoms with van der Waals surface area (Å²) in [6.45, 7) is 0.221. The van der Waals surface area contributed by atoms with Crippen molar-refractivity contribution in [3.05, 3.63) is 194 Å². The number of rotatable bonds is 5. The zero-order valence-corrected chi connectivity index (χ0v) is 28.4. The molecule has 0 N–H and O–H groups in total. The summed E-state index contributed by atoms with van der Waals surface area (Å²) in [6.07, 6.45) is 13.0. The molecule has 3 aliphatic heterocycles. The lowest BCUT2D eigenvalue weighted by molar-refractivity contribution is 0.878. The van der Waals surface area contributed by atoms with Gasteiger partial charge in [-0.25, -0.2) is 9.97 Å². The second-order valence-corrected chi connectivity index (χ2v) is 13.4. The van der Waals surface area contributed by atoms with Gasteiger partial charge in [0.05, 0.1) is 11.4 Å². The van der Waals surface area contributed by atoms with E-state index >= 15 is 0 Å². The fourth-order valence-corrected chi connectivity index (χ4v) is 7.96. The third-order valence-electron chi connectivity index (χ3n) is 10.4. The SMILES string of the molecule is C1=CB2c3cccc(-c4ccc(-c5nc(-c6ccccc6)cc(-c6ccccc6)n5)cc4-c4cccc5ccccc45)c3N3C=CC=CB3N2C=C1. The largest absolute Gasteiger partial charge is 0.437 e. The van der Waals surface area contributed by atoms with Crippen LogP contribution in [-0.2, 0) is 0 Å². The minimum atomic E-state index is 0.0793. The number of nitrogens with zero attached hydrogens (tertiary/aromatic N) is 4. The number of benzene rings is 6. The van der Waals surface area contributed by atoms with Gasteiger partial charge in [0.15, 0.2) is 5.82 Å². The molecule has 4 nitrogen and oxygen atoms in total. The van der Waals surface area contributed by atoms with Crippen molar-refractivity contribution in [2.24, 2.45) is 0 Å². The van der Waals surface area contributed by atoms with E-state index < -0.39 is 0 Å². The van der Waals surface area contributed by atoms with Crippen LogP contribution in [0, 0.1) is 0 Å². The van der Waals surface area contributed by atoms with E-state index in [1.54, 1.807) is 0 Å². The molecule has 52 heavy (non-hydrogen) atoms. The molecule has 1 aromatic heterocycles. The summed E-state index contributed by atoms with van der Waals surface area (Å²) < 4.78 is 2.43. The minimum absolute atomic E-state index is 0.0793. The Morgan fingerprint density at radius 2 is 1.13 bits per heavy atom. The van der Waals surface area contributed by atoms with Crippen molar-refractivity contribution < 1.29 is 0 Å². The van der Waals surface area contributed by atoms with Crippen LogP contribution in [0.3, 0.4) is 0 Å². The molecule has 0 amide bonds. The molecule has 3 aliphatic rings. The van der Waals surface area contributed by atoms with Gasteiger partial charge in [-0.2, -0.15) is 0 Å². The average molecular weight is 662 g/mol. The number of hydrogen-bond donors (Lipinski definition) is 0. The first-order valence-electron chi connectivity index (χ1n) is 17.8. The molecule has 7 aromatic rings. The molecule has 0 saturated heterocycles. The monoisotopic (exact) mass is 662 g/mol. The second-order valence-electron chi connectivity index (χ2n) is 13.4. The molecule has 6 aromatic carbocycles. The lowest BCUT2D eigenvalue weighted by Crippen LogP contribution is -2.64. The summed E-state index contributed by atoms with van der Waals surface area (Å²) in [4.78, 5) is 12.8. The lowest BCUT2D eigenvalue weighted by atomic mass is 9.43. The summed E-state index contributed by atoms with van der Waals surface area (Å²) in [6, 6.07) is 51.7. The van der Waals surface area contributed by atoms with Crippen molar-refractivity contribution in [3.8, 4) is 56.2 Å². The predicted molar refractivity (Wildman–Crippen MR) is 219 cm³/mol. The number of fused-ring (bicyclic) bond motifs is 7. The number of para-hydroxylation sites is 1. The van der Waals surface area contributed by atoms with E-state index in [2.05, 4.69) is 192 Å². The van der Waals surface area contributed by atoms with Gasteiger partial charge in [0.1, 0.15) is 0 Å². The molecule has 0 spiro atoms. The topological polar surface area (TPSA) is 32.3 Å². The fourth-order valence-electron chi connectivity index (χ4n) is 7.96. The molecule has 6 heteroatoms. The van der Waals surface area contributed by atoms with Gasteiger partial charge in [0.2, 0.25) is 0 Å². The van der Waals surface area contributed by atoms with Crippen molar-refractivity contribution in [1.82, 2.24) is 14.7 Å². The van der Waals surface area contributed by atoms with Gasteiger partial charge in [-0.15, -0.1) is 0 Å². The molecule has 0 atom stereocenters. The Hall–Kier alpha value is -6.65. The number of allylic oxidation sites excluding steroid dienone is 4. The van der Waals surface area contributed by atoms with Crippen LogP contribution >= 0.6 is 0 Å². The first kappa shape index (κ1) is 30.2. The van der Waals surface area contributed by atoms with Crippen LogP contribution in [0.25, 0.3) is 66.9 Å². The van der Waals surface area contributed by atoms with Gasteiger partial charge in [-0.3, -0.25) is 0 Å². The molecule has 0 bridgehead atoms. The Morgan fingerprint density at radius 1 is 0.462 bits per heavy atom. The molecule has 10 rings (SSSR count). The summed E-state index contributed by atoms with van der Waals surface area (Å²) in [5.74, 6) is 5.29. The van der Waals surface area contributed by atoms with Crippen molar-refractivity contribution >= 4 is 35.8 Å². The van der Waals surface area contributed by atoms with Crippen LogP contribution in [0.2, 0.25) is 0 Å². The lowest BCUT2D eigenvalue weighted by Gasteiger charge is -2.46. The van der Waals surface area contributed by atoms with E-state index in [-0.39, 0.29) is 13.8 Å². The van der Waals surface area contributed by atoms with Crippen LogP contribution in [-0.4, -0.2) is 28.5 Å². The maximum Gasteiger partial charge on any atom is 0.395 e. The highest BCUT2D eigenvalue weighted by Crippen LogP contribution is 2.43. The Balaban J connectivity index is 1.22. The van der Waals surface area contributed by atoms with Crippen molar-refractivity contribution in [2.45, 2.75) is 0 Å². The molecule has 0 aliphatic carbocycles. The maximum absolute atomic E-state index is 5.21. The van der Waals surface area contributed by atoms with Gasteiger partial charge < -0.3 is 9.53 Å². The molecular formula is C46H32B2N4. The summed E-state index contributed by atoms with van der Waals surface area (Å²) >= 11 is 0. The van der Waals surface area contributed by atoms with E-state index in [4.69, 9.17) is 9.97 Å². The van der Waals surface area contributed by atoms with E-state index in [1.807, 2.05) is 12.1 Å². The molecule has 0 radical (unpaired) electrons.